The molecule has 0 aromatic heterocycles. The third kappa shape index (κ3) is 3.62. The Hall–Kier alpha value is -0.777. The first-order chi connectivity index (χ1) is 8.84. The van der Waals surface area contributed by atoms with Crippen LogP contribution in [-0.4, -0.2) is 0 Å². The Morgan fingerprint density at radius 1 is 0.947 bits per heavy atom. The molecule has 0 radical (unpaired) electrons. The number of rotatable bonds is 1. The van der Waals surface area contributed by atoms with Gasteiger partial charge in [-0.25, -0.2) is 0 Å². The van der Waals surface area contributed by atoms with Gasteiger partial charge in [0.15, 0.2) is 0 Å². The van der Waals surface area contributed by atoms with Crippen molar-refractivity contribution < 1.29 is 26.2 Å². The van der Waals surface area contributed by atoms with Gasteiger partial charge in [-0.1, -0.05) is 48.9 Å². The van der Waals surface area contributed by atoms with Crippen molar-refractivity contribution in [2.45, 2.75) is 6.92 Å². The fourth-order valence-corrected chi connectivity index (χ4v) is 2.25. The van der Waals surface area contributed by atoms with E-state index in [0.717, 1.165) is 0 Å². The van der Waals surface area contributed by atoms with E-state index < -0.39 is 0 Å². The van der Waals surface area contributed by atoms with E-state index in [-0.39, 0.29) is 26.2 Å². The van der Waals surface area contributed by atoms with E-state index in [0.29, 0.717) is 0 Å². The summed E-state index contributed by atoms with van der Waals surface area (Å²) in [5.41, 5.74) is 3.95. The first kappa shape index (κ1) is 16.3. The van der Waals surface area contributed by atoms with E-state index in [1.165, 1.54) is 27.5 Å². The molecule has 0 fully saturated rings. The van der Waals surface area contributed by atoms with E-state index in [2.05, 4.69) is 85.6 Å². The standard InChI is InChI=1S/C16H13.CH2Cl.Zr/c1-12-10-14-8-5-9-15(16(14)11-12)13-6-3-2-4-7-13;1-2;/h2-11H,1H3;1H2;/q2*-1;+2. The molecule has 0 aliphatic carbocycles. The third-order valence-electron chi connectivity index (χ3n) is 2.98. The van der Waals surface area contributed by atoms with Crippen LogP contribution in [0.4, 0.5) is 0 Å². The molecule has 19 heavy (non-hydrogen) atoms. The molecule has 0 spiro atoms. The van der Waals surface area contributed by atoms with Crippen molar-refractivity contribution in [3.05, 3.63) is 72.6 Å². The second-order valence-corrected chi connectivity index (χ2v) is 4.21. The summed E-state index contributed by atoms with van der Waals surface area (Å²) in [4.78, 5) is 0. The first-order valence-electron chi connectivity index (χ1n) is 5.83. The maximum Gasteiger partial charge on any atom is 2.00 e. The predicted molar refractivity (Wildman–Crippen MR) is 80.9 cm³/mol. The summed E-state index contributed by atoms with van der Waals surface area (Å²) in [6.45, 7) is 2.15. The van der Waals surface area contributed by atoms with Gasteiger partial charge >= 0.3 is 26.2 Å². The van der Waals surface area contributed by atoms with Gasteiger partial charge in [-0.3, -0.25) is 6.38 Å². The summed E-state index contributed by atoms with van der Waals surface area (Å²) in [6, 6.07) is 21.6. The summed E-state index contributed by atoms with van der Waals surface area (Å²) in [7, 11) is 0. The van der Waals surface area contributed by atoms with Crippen LogP contribution in [0.25, 0.3) is 21.9 Å². The van der Waals surface area contributed by atoms with Gasteiger partial charge in [-0.2, -0.15) is 6.07 Å². The number of hydrogen-bond donors (Lipinski definition) is 0. The summed E-state index contributed by atoms with van der Waals surface area (Å²) in [6.07, 6.45) is 2.72. The molecular weight excluding hydrogens is 331 g/mol. The second kappa shape index (κ2) is 7.73. The maximum absolute atomic E-state index is 4.39. The average Bonchev–Trinajstić information content (AvgIpc) is 2.82. The number of hydrogen-bond acceptors (Lipinski definition) is 0. The zero-order valence-corrected chi connectivity index (χ0v) is 14.1. The van der Waals surface area contributed by atoms with E-state index in [1.54, 1.807) is 0 Å². The van der Waals surface area contributed by atoms with Crippen LogP contribution in [0.2, 0.25) is 0 Å². The van der Waals surface area contributed by atoms with Crippen molar-refractivity contribution in [2.24, 2.45) is 0 Å². The van der Waals surface area contributed by atoms with Crippen molar-refractivity contribution in [2.75, 3.05) is 0 Å². The fraction of sp³-hybridized carbons (Fsp3) is 0.0588. The molecule has 0 unspecified atom stereocenters. The van der Waals surface area contributed by atoms with Gasteiger partial charge in [0.1, 0.15) is 0 Å². The van der Waals surface area contributed by atoms with E-state index in [4.69, 9.17) is 0 Å². The Bertz CT molecular complexity index is 626. The van der Waals surface area contributed by atoms with E-state index in [9.17, 15) is 0 Å². The maximum atomic E-state index is 4.39. The van der Waals surface area contributed by atoms with Crippen LogP contribution >= 0.6 is 11.6 Å². The van der Waals surface area contributed by atoms with Crippen LogP contribution in [0.5, 0.6) is 0 Å². The normalized spacial score (nSPS) is 9.42. The molecule has 2 heteroatoms. The van der Waals surface area contributed by atoms with E-state index in [1.807, 2.05) is 0 Å². The van der Waals surface area contributed by atoms with Crippen LogP contribution in [0.1, 0.15) is 5.56 Å². The van der Waals surface area contributed by atoms with Crippen LogP contribution in [0, 0.1) is 13.3 Å². The first-order valence-corrected chi connectivity index (χ1v) is 6.36. The number of halogens is 1. The average molecular weight is 346 g/mol. The third-order valence-corrected chi connectivity index (χ3v) is 2.98. The molecule has 0 bridgehead atoms. The monoisotopic (exact) mass is 344 g/mol. The molecule has 3 rings (SSSR count). The number of aryl methyl sites for hydroxylation is 1. The molecule has 0 amide bonds. The van der Waals surface area contributed by atoms with Crippen molar-refractivity contribution in [1.82, 2.24) is 0 Å². The molecule has 0 aliphatic rings. The Labute approximate surface area is 138 Å². The molecular formula is C17H15ClZr. The predicted octanol–water partition coefficient (Wildman–Crippen LogP) is 5.55. The van der Waals surface area contributed by atoms with Crippen LogP contribution in [0.3, 0.4) is 0 Å². The topological polar surface area (TPSA) is 0 Å². The molecule has 0 saturated carbocycles. The van der Waals surface area contributed by atoms with Gasteiger partial charge in [0.2, 0.25) is 0 Å². The summed E-state index contributed by atoms with van der Waals surface area (Å²) in [5.74, 6) is 0. The minimum Gasteiger partial charge on any atom is -0.352 e. The van der Waals surface area contributed by atoms with Crippen LogP contribution in [-0.2, 0) is 26.2 Å². The minimum atomic E-state index is 0. The minimum absolute atomic E-state index is 0. The summed E-state index contributed by atoms with van der Waals surface area (Å²) in [5, 5.41) is 2.69. The Kier molecular flexibility index (Phi) is 6.62. The quantitative estimate of drug-likeness (QED) is 0.507. The van der Waals surface area contributed by atoms with Gasteiger partial charge in [-0.05, 0) is 5.56 Å². The van der Waals surface area contributed by atoms with Gasteiger partial charge in [0.25, 0.3) is 0 Å². The second-order valence-electron chi connectivity index (χ2n) is 4.21. The SMILES string of the molecule is Cc1cc2c(-c3ccccc3)cccc2[cH-]1.[CH2-]Cl.[Zr+2]. The van der Waals surface area contributed by atoms with Gasteiger partial charge in [0.05, 0.1) is 0 Å². The zero-order valence-electron chi connectivity index (χ0n) is 10.9. The molecule has 0 atom stereocenters. The van der Waals surface area contributed by atoms with Crippen LogP contribution in [0.15, 0.2) is 60.7 Å². The molecule has 3 aromatic carbocycles. The Morgan fingerprint density at radius 3 is 2.32 bits per heavy atom. The van der Waals surface area contributed by atoms with Crippen molar-refractivity contribution in [3.8, 4) is 11.1 Å². The summed E-state index contributed by atoms with van der Waals surface area (Å²) >= 11 is 4.39. The van der Waals surface area contributed by atoms with Gasteiger partial charge < -0.3 is 11.6 Å². The zero-order chi connectivity index (χ0) is 13.0. The molecule has 0 N–H and O–H groups in total. The molecule has 0 nitrogen and oxygen atoms in total. The largest absolute Gasteiger partial charge is 2.00 e. The Morgan fingerprint density at radius 2 is 1.63 bits per heavy atom. The molecule has 0 saturated heterocycles. The van der Waals surface area contributed by atoms with Crippen LogP contribution < -0.4 is 0 Å². The van der Waals surface area contributed by atoms with Crippen molar-refractivity contribution >= 4 is 22.4 Å². The molecule has 0 aliphatic heterocycles. The van der Waals surface area contributed by atoms with Gasteiger partial charge in [-0.15, -0.1) is 34.5 Å². The number of fused-ring (bicyclic) bond motifs is 1. The van der Waals surface area contributed by atoms with Crippen molar-refractivity contribution in [3.63, 3.8) is 0 Å². The molecule has 3 aromatic rings. The fourth-order valence-electron chi connectivity index (χ4n) is 2.25. The molecule has 94 valence electrons. The van der Waals surface area contributed by atoms with E-state index >= 15 is 0 Å². The molecule has 0 heterocycles. The van der Waals surface area contributed by atoms with Crippen molar-refractivity contribution in [1.29, 1.82) is 0 Å². The summed E-state index contributed by atoms with van der Waals surface area (Å²) < 4.78 is 0. The smallest absolute Gasteiger partial charge is 0.352 e. The van der Waals surface area contributed by atoms with Gasteiger partial charge in [0, 0.05) is 0 Å². The Balaban J connectivity index is 0.000000576. The number of benzene rings is 2.